The normalized spacial score (nSPS) is 17.5. The van der Waals surface area contributed by atoms with Gasteiger partial charge in [0.15, 0.2) is 0 Å². The largest absolute Gasteiger partial charge is 0.383 e. The number of likely N-dealkylation sites (tertiary alicyclic amines) is 2. The Balaban J connectivity index is 1.25. The molecule has 0 amide bonds. The van der Waals surface area contributed by atoms with Crippen LogP contribution in [0.2, 0.25) is 10.0 Å². The van der Waals surface area contributed by atoms with Gasteiger partial charge in [-0.05, 0) is 148 Å². The van der Waals surface area contributed by atoms with Gasteiger partial charge in [0.1, 0.15) is 0 Å². The Morgan fingerprint density at radius 2 is 1.43 bits per heavy atom. The molecule has 2 aliphatic rings. The van der Waals surface area contributed by atoms with Crippen LogP contribution in [0.5, 0.6) is 0 Å². The predicted molar refractivity (Wildman–Crippen MR) is 178 cm³/mol. The highest BCUT2D eigenvalue weighted by molar-refractivity contribution is 6.35. The molecule has 7 heteroatoms. The van der Waals surface area contributed by atoms with E-state index >= 15 is 0 Å². The lowest BCUT2D eigenvalue weighted by molar-refractivity contribution is 0.130. The molecule has 0 atom stereocenters. The number of piperidine rings is 2. The fourth-order valence-electron chi connectivity index (χ4n) is 6.53. The maximum absolute atomic E-state index is 6.39. The molecule has 2 saturated heterocycles. The van der Waals surface area contributed by atoms with E-state index < -0.39 is 0 Å². The quantitative estimate of drug-likeness (QED) is 0.222. The monoisotopic (exact) mass is 608 g/mol. The van der Waals surface area contributed by atoms with Gasteiger partial charge in [-0.15, -0.1) is 0 Å². The van der Waals surface area contributed by atoms with Gasteiger partial charge >= 0.3 is 0 Å². The Bertz CT molecular complexity index is 1250. The zero-order chi connectivity index (χ0) is 29.3. The summed E-state index contributed by atoms with van der Waals surface area (Å²) in [6, 6.07) is 21.8. The summed E-state index contributed by atoms with van der Waals surface area (Å²) < 4.78 is 5.25. The average Bonchev–Trinajstić information content (AvgIpc) is 3.00. The molecule has 3 aromatic rings. The van der Waals surface area contributed by atoms with Crippen LogP contribution in [0.1, 0.15) is 48.3 Å². The van der Waals surface area contributed by atoms with E-state index in [2.05, 4.69) is 69.9 Å². The molecule has 2 heterocycles. The Kier molecular flexibility index (Phi) is 11.6. The first-order valence-electron chi connectivity index (χ1n) is 15.5. The first kappa shape index (κ1) is 31.3. The second kappa shape index (κ2) is 15.6. The molecule has 0 unspecified atom stereocenters. The lowest BCUT2D eigenvalue weighted by Gasteiger charge is -2.32. The molecule has 0 bridgehead atoms. The zero-order valence-corrected chi connectivity index (χ0v) is 26.7. The van der Waals surface area contributed by atoms with Crippen molar-refractivity contribution in [1.29, 1.82) is 0 Å². The van der Waals surface area contributed by atoms with Crippen LogP contribution in [0, 0.1) is 5.92 Å². The number of anilines is 1. The van der Waals surface area contributed by atoms with Gasteiger partial charge in [0, 0.05) is 42.5 Å². The van der Waals surface area contributed by atoms with Gasteiger partial charge in [-0.1, -0.05) is 41.4 Å². The summed E-state index contributed by atoms with van der Waals surface area (Å²) in [5.41, 5.74) is 7.41. The Morgan fingerprint density at radius 3 is 2.10 bits per heavy atom. The van der Waals surface area contributed by atoms with Crippen LogP contribution in [0.15, 0.2) is 60.7 Å². The van der Waals surface area contributed by atoms with Gasteiger partial charge in [0.05, 0.1) is 6.61 Å². The molecule has 3 aromatic carbocycles. The number of halogens is 2. The van der Waals surface area contributed by atoms with E-state index in [1.807, 2.05) is 12.1 Å². The topological polar surface area (TPSA) is 39.8 Å². The van der Waals surface area contributed by atoms with Crippen LogP contribution in [-0.2, 0) is 17.8 Å². The van der Waals surface area contributed by atoms with Crippen molar-refractivity contribution in [1.82, 2.24) is 15.1 Å². The summed E-state index contributed by atoms with van der Waals surface area (Å²) in [5, 5.41) is 8.35. The van der Waals surface area contributed by atoms with Crippen LogP contribution >= 0.6 is 23.2 Å². The van der Waals surface area contributed by atoms with Crippen LogP contribution < -0.4 is 10.6 Å². The van der Waals surface area contributed by atoms with Gasteiger partial charge in [-0.25, -0.2) is 0 Å². The van der Waals surface area contributed by atoms with Gasteiger partial charge in [-0.2, -0.15) is 0 Å². The number of hydrogen-bond acceptors (Lipinski definition) is 5. The van der Waals surface area contributed by atoms with Crippen molar-refractivity contribution in [2.75, 3.05) is 65.3 Å². The van der Waals surface area contributed by atoms with E-state index in [1.165, 1.54) is 42.4 Å². The zero-order valence-electron chi connectivity index (χ0n) is 25.2. The highest BCUT2D eigenvalue weighted by atomic mass is 35.5. The van der Waals surface area contributed by atoms with Crippen molar-refractivity contribution < 1.29 is 4.74 Å². The fraction of sp³-hybridized carbons (Fsp3) is 0.486. The van der Waals surface area contributed by atoms with Crippen molar-refractivity contribution in [2.24, 2.45) is 5.92 Å². The van der Waals surface area contributed by atoms with E-state index in [0.29, 0.717) is 16.0 Å². The number of nitrogens with zero attached hydrogens (tertiary/aromatic N) is 2. The molecular weight excluding hydrogens is 563 g/mol. The summed E-state index contributed by atoms with van der Waals surface area (Å²) in [6.45, 7) is 9.28. The molecule has 0 spiro atoms. The van der Waals surface area contributed by atoms with Crippen LogP contribution in [0.4, 0.5) is 5.69 Å². The maximum Gasteiger partial charge on any atom is 0.0589 e. The SMILES string of the molecule is CNCC1CCN(Cc2cc(CNc3ccc(C4CCN(CCOC)CC4)cc3)cc(-c3cc(Cl)cc(Cl)c3)c2)CC1. The van der Waals surface area contributed by atoms with E-state index in [0.717, 1.165) is 81.7 Å². The number of ether oxygens (including phenoxy) is 1. The fourth-order valence-corrected chi connectivity index (χ4v) is 7.05. The average molecular weight is 610 g/mol. The first-order chi connectivity index (χ1) is 20.5. The minimum Gasteiger partial charge on any atom is -0.383 e. The highest BCUT2D eigenvalue weighted by Crippen LogP contribution is 2.31. The first-order valence-corrected chi connectivity index (χ1v) is 16.3. The standard InChI is InChI=1S/C35H46Cl2N4O/c1-38-23-26-7-11-41(12-8-26)25-28-17-27(18-31(19-28)32-20-33(36)22-34(37)21-32)24-39-35-5-3-29(4-6-35)30-9-13-40(14-10-30)15-16-42-2/h3-6,17-22,26,30,38-39H,7-16,23-25H2,1-2H3. The number of benzene rings is 3. The molecule has 5 nitrogen and oxygen atoms in total. The van der Waals surface area contributed by atoms with Gasteiger partial charge in [0.2, 0.25) is 0 Å². The third-order valence-electron chi connectivity index (χ3n) is 8.93. The van der Waals surface area contributed by atoms with E-state index in [9.17, 15) is 0 Å². The summed E-state index contributed by atoms with van der Waals surface area (Å²) in [7, 11) is 3.84. The van der Waals surface area contributed by atoms with Crippen molar-refractivity contribution in [3.8, 4) is 11.1 Å². The molecule has 42 heavy (non-hydrogen) atoms. The minimum atomic E-state index is 0.643. The molecule has 0 aromatic heterocycles. The molecule has 5 rings (SSSR count). The Morgan fingerprint density at radius 1 is 0.786 bits per heavy atom. The smallest absolute Gasteiger partial charge is 0.0589 e. The number of nitrogens with one attached hydrogen (secondary N) is 2. The van der Waals surface area contributed by atoms with Gasteiger partial charge < -0.3 is 20.3 Å². The van der Waals surface area contributed by atoms with Crippen LogP contribution in [0.3, 0.4) is 0 Å². The number of rotatable bonds is 12. The number of methoxy groups -OCH3 is 1. The lowest BCUT2D eigenvalue weighted by atomic mass is 9.89. The predicted octanol–water partition coefficient (Wildman–Crippen LogP) is 7.53. The molecule has 0 saturated carbocycles. The summed E-state index contributed by atoms with van der Waals surface area (Å²) in [5.74, 6) is 1.43. The molecule has 2 N–H and O–H groups in total. The second-order valence-corrected chi connectivity index (χ2v) is 12.9. The molecule has 0 aliphatic carbocycles. The minimum absolute atomic E-state index is 0.643. The van der Waals surface area contributed by atoms with Gasteiger partial charge in [0.25, 0.3) is 0 Å². The van der Waals surface area contributed by atoms with Crippen molar-refractivity contribution in [2.45, 2.75) is 44.7 Å². The molecule has 226 valence electrons. The third kappa shape index (κ3) is 8.95. The highest BCUT2D eigenvalue weighted by Gasteiger charge is 2.21. The van der Waals surface area contributed by atoms with Crippen LogP contribution in [-0.4, -0.2) is 69.8 Å². The van der Waals surface area contributed by atoms with E-state index in [1.54, 1.807) is 13.2 Å². The van der Waals surface area contributed by atoms with E-state index in [-0.39, 0.29) is 0 Å². The van der Waals surface area contributed by atoms with Crippen molar-refractivity contribution >= 4 is 28.9 Å². The summed E-state index contributed by atoms with van der Waals surface area (Å²) >= 11 is 12.8. The van der Waals surface area contributed by atoms with Gasteiger partial charge in [-0.3, -0.25) is 4.90 Å². The third-order valence-corrected chi connectivity index (χ3v) is 9.37. The van der Waals surface area contributed by atoms with E-state index in [4.69, 9.17) is 27.9 Å². The lowest BCUT2D eigenvalue weighted by Crippen LogP contribution is -2.36. The Labute approximate surface area is 262 Å². The molecule has 2 fully saturated rings. The van der Waals surface area contributed by atoms with Crippen molar-refractivity contribution in [3.63, 3.8) is 0 Å². The summed E-state index contributed by atoms with van der Waals surface area (Å²) in [4.78, 5) is 5.11. The Hall–Kier alpha value is -2.12. The molecular formula is C35H46Cl2N4O. The second-order valence-electron chi connectivity index (χ2n) is 12.1. The maximum atomic E-state index is 6.39. The number of hydrogen-bond donors (Lipinski definition) is 2. The summed E-state index contributed by atoms with van der Waals surface area (Å²) in [6.07, 6.45) is 4.93. The van der Waals surface area contributed by atoms with Crippen LogP contribution in [0.25, 0.3) is 11.1 Å². The van der Waals surface area contributed by atoms with Crippen molar-refractivity contribution in [3.05, 3.63) is 87.4 Å². The molecule has 0 radical (unpaired) electrons. The molecule has 2 aliphatic heterocycles.